The summed E-state index contributed by atoms with van der Waals surface area (Å²) in [7, 11) is 0. The maximum atomic E-state index is 12.7. The molecule has 2 aliphatic carbocycles. The van der Waals surface area contributed by atoms with Gasteiger partial charge in [0.25, 0.3) is 0 Å². The van der Waals surface area contributed by atoms with Crippen LogP contribution in [0.1, 0.15) is 56.7 Å². The molecule has 1 aromatic heterocycles. The van der Waals surface area contributed by atoms with Crippen LogP contribution >= 0.6 is 0 Å². The van der Waals surface area contributed by atoms with Crippen LogP contribution in [0, 0.1) is 11.3 Å². The van der Waals surface area contributed by atoms with Gasteiger partial charge in [0.2, 0.25) is 11.8 Å². The molecule has 8 heteroatoms. The minimum atomic E-state index is -0.637. The quantitative estimate of drug-likeness (QED) is 0.598. The van der Waals surface area contributed by atoms with E-state index in [1.807, 2.05) is 0 Å². The van der Waals surface area contributed by atoms with Crippen LogP contribution in [0.2, 0.25) is 0 Å². The number of aliphatic hydroxyl groups is 1. The highest BCUT2D eigenvalue weighted by atomic mass is 16.3. The van der Waals surface area contributed by atoms with Crippen molar-refractivity contribution < 1.29 is 14.7 Å². The fraction of sp³-hybridized carbons (Fsp3) is 0.750. The number of carbonyl (C=O) groups is 2. The van der Waals surface area contributed by atoms with Crippen molar-refractivity contribution in [3.63, 3.8) is 0 Å². The van der Waals surface area contributed by atoms with E-state index in [0.29, 0.717) is 12.2 Å². The number of nitrogens with one attached hydrogen (secondary N) is 1. The van der Waals surface area contributed by atoms with Gasteiger partial charge in [-0.2, -0.15) is 0 Å². The van der Waals surface area contributed by atoms with Crippen molar-refractivity contribution in [2.75, 3.05) is 6.54 Å². The highest BCUT2D eigenvalue weighted by molar-refractivity contribution is 5.81. The van der Waals surface area contributed by atoms with Crippen LogP contribution in [0.3, 0.4) is 0 Å². The van der Waals surface area contributed by atoms with Gasteiger partial charge in [-0.3, -0.25) is 9.59 Å². The molecule has 1 atom stereocenters. The Bertz CT molecular complexity index is 607. The van der Waals surface area contributed by atoms with Crippen molar-refractivity contribution in [1.29, 1.82) is 0 Å². The third-order valence-corrected chi connectivity index (χ3v) is 5.41. The van der Waals surface area contributed by atoms with Gasteiger partial charge >= 0.3 is 0 Å². The standard InChI is InChI=1S/C16H25N5O3/c17-14(23)5-4-13(21-8-12(9-22)19-20-21)15(24)18-10-16(6-1-7-16)11-2-3-11/h8,11,13,22H,1-7,9-10H2,(H2,17,23)(H,18,24). The number of primary amides is 1. The van der Waals surface area contributed by atoms with Crippen molar-refractivity contribution >= 4 is 11.8 Å². The fourth-order valence-corrected chi connectivity index (χ4v) is 3.64. The molecule has 4 N–H and O–H groups in total. The van der Waals surface area contributed by atoms with E-state index in [1.165, 1.54) is 43.0 Å². The molecule has 2 aliphatic rings. The summed E-state index contributed by atoms with van der Waals surface area (Å²) in [5.41, 5.74) is 5.89. The number of carbonyl (C=O) groups excluding carboxylic acids is 2. The highest BCUT2D eigenvalue weighted by Crippen LogP contribution is 2.56. The molecule has 24 heavy (non-hydrogen) atoms. The highest BCUT2D eigenvalue weighted by Gasteiger charge is 2.49. The van der Waals surface area contributed by atoms with E-state index in [9.17, 15) is 9.59 Å². The zero-order valence-corrected chi connectivity index (χ0v) is 13.8. The number of hydrogen-bond acceptors (Lipinski definition) is 5. The number of rotatable bonds is 9. The van der Waals surface area contributed by atoms with E-state index in [2.05, 4.69) is 15.6 Å². The van der Waals surface area contributed by atoms with E-state index in [-0.39, 0.29) is 30.8 Å². The van der Waals surface area contributed by atoms with Crippen LogP contribution in [0.25, 0.3) is 0 Å². The molecular formula is C16H25N5O3. The van der Waals surface area contributed by atoms with Crippen molar-refractivity contribution in [2.24, 2.45) is 17.1 Å². The first-order chi connectivity index (χ1) is 11.5. The summed E-state index contributed by atoms with van der Waals surface area (Å²) >= 11 is 0. The Balaban J connectivity index is 1.64. The van der Waals surface area contributed by atoms with Gasteiger partial charge in [0.15, 0.2) is 0 Å². The molecule has 132 valence electrons. The Hall–Kier alpha value is -1.96. The van der Waals surface area contributed by atoms with E-state index in [0.717, 1.165) is 5.92 Å². The minimum Gasteiger partial charge on any atom is -0.390 e. The summed E-state index contributed by atoms with van der Waals surface area (Å²) in [6.07, 6.45) is 8.04. The second-order valence-electron chi connectivity index (χ2n) is 7.08. The third kappa shape index (κ3) is 3.58. The number of aliphatic hydroxyl groups excluding tert-OH is 1. The summed E-state index contributed by atoms with van der Waals surface area (Å²) in [6.45, 7) is 0.445. The molecule has 3 rings (SSSR count). The largest absolute Gasteiger partial charge is 0.390 e. The van der Waals surface area contributed by atoms with Gasteiger partial charge in [0.05, 0.1) is 12.8 Å². The Labute approximate surface area is 140 Å². The number of nitrogens with two attached hydrogens (primary N) is 1. The lowest BCUT2D eigenvalue weighted by Crippen LogP contribution is -2.45. The van der Waals surface area contributed by atoms with Crippen LogP contribution in [0.4, 0.5) is 0 Å². The fourth-order valence-electron chi connectivity index (χ4n) is 3.64. The van der Waals surface area contributed by atoms with Gasteiger partial charge in [-0.05, 0) is 43.4 Å². The summed E-state index contributed by atoms with van der Waals surface area (Å²) in [4.78, 5) is 23.8. The Morgan fingerprint density at radius 2 is 2.21 bits per heavy atom. The number of aromatic nitrogens is 3. The van der Waals surface area contributed by atoms with Gasteiger partial charge in [-0.15, -0.1) is 5.10 Å². The maximum Gasteiger partial charge on any atom is 0.244 e. The van der Waals surface area contributed by atoms with Crippen molar-refractivity contribution in [2.45, 2.75) is 57.6 Å². The molecule has 0 aliphatic heterocycles. The molecule has 2 fully saturated rings. The number of amides is 2. The first kappa shape index (κ1) is 16.9. The summed E-state index contributed by atoms with van der Waals surface area (Å²) in [5.74, 6) is 0.129. The molecule has 0 spiro atoms. The second kappa shape index (κ2) is 6.88. The monoisotopic (exact) mass is 335 g/mol. The molecule has 1 heterocycles. The van der Waals surface area contributed by atoms with Gasteiger partial charge in [-0.25, -0.2) is 4.68 Å². The Morgan fingerprint density at radius 3 is 2.71 bits per heavy atom. The maximum absolute atomic E-state index is 12.7. The lowest BCUT2D eigenvalue weighted by molar-refractivity contribution is -0.126. The van der Waals surface area contributed by atoms with Crippen LogP contribution in [0.5, 0.6) is 0 Å². The first-order valence-electron chi connectivity index (χ1n) is 8.62. The average Bonchev–Trinajstić information content (AvgIpc) is 3.24. The Kier molecular flexibility index (Phi) is 4.84. The zero-order valence-electron chi connectivity index (χ0n) is 13.8. The van der Waals surface area contributed by atoms with E-state index >= 15 is 0 Å². The van der Waals surface area contributed by atoms with Crippen LogP contribution in [-0.4, -0.2) is 38.5 Å². The molecule has 2 amide bonds. The molecule has 0 radical (unpaired) electrons. The minimum absolute atomic E-state index is 0.0974. The Morgan fingerprint density at radius 1 is 1.46 bits per heavy atom. The van der Waals surface area contributed by atoms with Crippen LogP contribution < -0.4 is 11.1 Å². The van der Waals surface area contributed by atoms with Gasteiger partial charge in [-0.1, -0.05) is 11.6 Å². The summed E-state index contributed by atoms with van der Waals surface area (Å²) < 4.78 is 1.41. The van der Waals surface area contributed by atoms with Gasteiger partial charge in [0, 0.05) is 13.0 Å². The average molecular weight is 335 g/mol. The number of hydrogen-bond donors (Lipinski definition) is 3. The van der Waals surface area contributed by atoms with E-state index < -0.39 is 11.9 Å². The predicted octanol–water partition coefficient (Wildman–Crippen LogP) is 0.273. The molecule has 1 unspecified atom stereocenters. The zero-order chi connectivity index (χ0) is 17.2. The van der Waals surface area contributed by atoms with Crippen molar-refractivity contribution in [1.82, 2.24) is 20.3 Å². The number of nitrogens with zero attached hydrogens (tertiary/aromatic N) is 3. The van der Waals surface area contributed by atoms with Gasteiger partial charge < -0.3 is 16.2 Å². The second-order valence-corrected chi connectivity index (χ2v) is 7.08. The van der Waals surface area contributed by atoms with Crippen molar-refractivity contribution in [3.05, 3.63) is 11.9 Å². The molecular weight excluding hydrogens is 310 g/mol. The van der Waals surface area contributed by atoms with Crippen molar-refractivity contribution in [3.8, 4) is 0 Å². The molecule has 0 saturated heterocycles. The smallest absolute Gasteiger partial charge is 0.244 e. The predicted molar refractivity (Wildman–Crippen MR) is 85.4 cm³/mol. The topological polar surface area (TPSA) is 123 Å². The van der Waals surface area contributed by atoms with E-state index in [1.54, 1.807) is 0 Å². The lowest BCUT2D eigenvalue weighted by Gasteiger charge is -2.43. The molecule has 2 saturated carbocycles. The molecule has 0 aromatic carbocycles. The van der Waals surface area contributed by atoms with E-state index in [4.69, 9.17) is 10.8 Å². The normalized spacial score (nSPS) is 20.2. The third-order valence-electron chi connectivity index (χ3n) is 5.41. The molecule has 0 bridgehead atoms. The van der Waals surface area contributed by atoms with Crippen LogP contribution in [-0.2, 0) is 16.2 Å². The SMILES string of the molecule is NC(=O)CCC(C(=O)NCC1(C2CC2)CCC1)n1cc(CO)nn1. The molecule has 8 nitrogen and oxygen atoms in total. The van der Waals surface area contributed by atoms with Gasteiger partial charge in [0.1, 0.15) is 11.7 Å². The first-order valence-corrected chi connectivity index (χ1v) is 8.62. The lowest BCUT2D eigenvalue weighted by atomic mass is 9.65. The summed E-state index contributed by atoms with van der Waals surface area (Å²) in [5, 5.41) is 19.9. The summed E-state index contributed by atoms with van der Waals surface area (Å²) in [6, 6.07) is -0.637. The molecule has 1 aromatic rings. The van der Waals surface area contributed by atoms with Crippen LogP contribution in [0.15, 0.2) is 6.20 Å².